The van der Waals surface area contributed by atoms with Crippen molar-refractivity contribution >= 4 is 5.69 Å². The Kier molecular flexibility index (Phi) is 9.81. The molecule has 0 saturated heterocycles. The van der Waals surface area contributed by atoms with Crippen LogP contribution in [0.25, 0.3) is 0 Å². The molecule has 0 aliphatic rings. The first kappa shape index (κ1) is 16.9. The van der Waals surface area contributed by atoms with Crippen LogP contribution in [0.5, 0.6) is 5.75 Å². The van der Waals surface area contributed by atoms with Crippen LogP contribution in [0, 0.1) is 0 Å². The van der Waals surface area contributed by atoms with Crippen molar-refractivity contribution in [2.45, 2.75) is 65.2 Å². The molecule has 20 heavy (non-hydrogen) atoms. The summed E-state index contributed by atoms with van der Waals surface area (Å²) in [6, 6.07) is 8.33. The predicted molar refractivity (Wildman–Crippen MR) is 88.7 cm³/mol. The van der Waals surface area contributed by atoms with Gasteiger partial charge in [-0.1, -0.05) is 58.4 Å². The van der Waals surface area contributed by atoms with Gasteiger partial charge in [-0.3, -0.25) is 0 Å². The summed E-state index contributed by atoms with van der Waals surface area (Å²) in [4.78, 5) is 0. The minimum atomic E-state index is 0.833. The van der Waals surface area contributed by atoms with Crippen LogP contribution < -0.4 is 10.1 Å². The number of hydrogen-bond donors (Lipinski definition) is 1. The third-order valence-corrected chi connectivity index (χ3v) is 3.46. The van der Waals surface area contributed by atoms with Crippen molar-refractivity contribution in [2.75, 3.05) is 18.5 Å². The van der Waals surface area contributed by atoms with E-state index in [1.54, 1.807) is 0 Å². The zero-order valence-electron chi connectivity index (χ0n) is 13.3. The number of anilines is 1. The first-order chi connectivity index (χ1) is 9.86. The number of unbranched alkanes of at least 4 members (excludes halogenated alkanes) is 6. The van der Waals surface area contributed by atoms with Crippen molar-refractivity contribution in [1.82, 2.24) is 0 Å². The van der Waals surface area contributed by atoms with Crippen LogP contribution in [0.2, 0.25) is 0 Å². The van der Waals surface area contributed by atoms with Gasteiger partial charge in [0.1, 0.15) is 5.75 Å². The minimum Gasteiger partial charge on any atom is -0.494 e. The fraction of sp³-hybridized carbons (Fsp3) is 0.667. The highest BCUT2D eigenvalue weighted by molar-refractivity contribution is 5.48. The topological polar surface area (TPSA) is 21.3 Å². The van der Waals surface area contributed by atoms with E-state index < -0.39 is 0 Å². The van der Waals surface area contributed by atoms with Gasteiger partial charge in [0.15, 0.2) is 0 Å². The molecule has 0 atom stereocenters. The Morgan fingerprint density at radius 1 is 0.900 bits per heavy atom. The van der Waals surface area contributed by atoms with Gasteiger partial charge in [0.2, 0.25) is 0 Å². The lowest BCUT2D eigenvalue weighted by Gasteiger charge is -2.10. The van der Waals surface area contributed by atoms with Gasteiger partial charge in [0, 0.05) is 18.3 Å². The molecule has 0 aliphatic carbocycles. The molecule has 1 N–H and O–H groups in total. The van der Waals surface area contributed by atoms with Crippen molar-refractivity contribution in [3.63, 3.8) is 0 Å². The number of hydrogen-bond acceptors (Lipinski definition) is 2. The molecule has 1 aromatic rings. The third-order valence-electron chi connectivity index (χ3n) is 3.46. The molecule has 1 rings (SSSR count). The largest absolute Gasteiger partial charge is 0.494 e. The van der Waals surface area contributed by atoms with Crippen LogP contribution in [0.4, 0.5) is 5.69 Å². The minimum absolute atomic E-state index is 0.833. The first-order valence-electron chi connectivity index (χ1n) is 8.33. The lowest BCUT2D eigenvalue weighted by Crippen LogP contribution is -2.02. The van der Waals surface area contributed by atoms with Crippen molar-refractivity contribution < 1.29 is 4.74 Å². The summed E-state index contributed by atoms with van der Waals surface area (Å²) in [5.74, 6) is 0.986. The van der Waals surface area contributed by atoms with Gasteiger partial charge < -0.3 is 10.1 Å². The van der Waals surface area contributed by atoms with Gasteiger partial charge in [-0.25, -0.2) is 0 Å². The number of nitrogens with one attached hydrogen (secondary N) is 1. The van der Waals surface area contributed by atoms with E-state index in [-0.39, 0.29) is 0 Å². The van der Waals surface area contributed by atoms with Crippen LogP contribution in [0.3, 0.4) is 0 Å². The summed E-state index contributed by atoms with van der Waals surface area (Å²) in [6.07, 6.45) is 10.2. The molecule has 0 bridgehead atoms. The van der Waals surface area contributed by atoms with E-state index in [0.29, 0.717) is 0 Å². The second kappa shape index (κ2) is 11.6. The van der Waals surface area contributed by atoms with E-state index in [2.05, 4.69) is 37.4 Å². The molecule has 0 aliphatic heterocycles. The highest BCUT2D eigenvalue weighted by Gasteiger charge is 1.97. The molecular formula is C18H31NO. The standard InChI is InChI=1S/C18H31NO/c1-3-5-7-9-14-19-17-12-11-13-18(16-17)20-15-10-8-6-4-2/h11-13,16,19H,3-10,14-15H2,1-2H3. The van der Waals surface area contributed by atoms with E-state index >= 15 is 0 Å². The van der Waals surface area contributed by atoms with Gasteiger partial charge in [0.25, 0.3) is 0 Å². The molecule has 0 amide bonds. The Labute approximate surface area is 124 Å². The lowest BCUT2D eigenvalue weighted by molar-refractivity contribution is 0.305. The highest BCUT2D eigenvalue weighted by atomic mass is 16.5. The number of benzene rings is 1. The van der Waals surface area contributed by atoms with E-state index in [4.69, 9.17) is 4.74 Å². The van der Waals surface area contributed by atoms with Crippen LogP contribution in [-0.4, -0.2) is 13.2 Å². The Morgan fingerprint density at radius 3 is 2.40 bits per heavy atom. The molecule has 1 aromatic carbocycles. The molecule has 0 unspecified atom stereocenters. The highest BCUT2D eigenvalue weighted by Crippen LogP contribution is 2.18. The molecule has 114 valence electrons. The maximum absolute atomic E-state index is 5.80. The van der Waals surface area contributed by atoms with E-state index in [1.807, 2.05) is 6.07 Å². The van der Waals surface area contributed by atoms with Crippen molar-refractivity contribution in [3.05, 3.63) is 24.3 Å². The van der Waals surface area contributed by atoms with Gasteiger partial charge in [-0.05, 0) is 25.0 Å². The maximum atomic E-state index is 5.80. The smallest absolute Gasteiger partial charge is 0.121 e. The molecule has 2 nitrogen and oxygen atoms in total. The zero-order valence-corrected chi connectivity index (χ0v) is 13.3. The van der Waals surface area contributed by atoms with Gasteiger partial charge in [-0.15, -0.1) is 0 Å². The quantitative estimate of drug-likeness (QED) is 0.499. The summed E-state index contributed by atoms with van der Waals surface area (Å²) in [5, 5.41) is 3.47. The van der Waals surface area contributed by atoms with Crippen molar-refractivity contribution in [1.29, 1.82) is 0 Å². The molecule has 0 saturated carbocycles. The van der Waals surface area contributed by atoms with E-state index in [0.717, 1.165) is 25.3 Å². The maximum Gasteiger partial charge on any atom is 0.121 e. The molecule has 0 aromatic heterocycles. The van der Waals surface area contributed by atoms with E-state index in [9.17, 15) is 0 Å². The molecular weight excluding hydrogens is 246 g/mol. The summed E-state index contributed by atoms with van der Waals surface area (Å²) < 4.78 is 5.80. The number of rotatable bonds is 12. The number of ether oxygens (including phenoxy) is 1. The SMILES string of the molecule is CCCCCCNc1cccc(OCCCCCC)c1. The Bertz CT molecular complexity index is 309. The van der Waals surface area contributed by atoms with E-state index in [1.165, 1.54) is 50.6 Å². The van der Waals surface area contributed by atoms with Gasteiger partial charge in [0.05, 0.1) is 6.61 Å². The first-order valence-corrected chi connectivity index (χ1v) is 8.33. The molecule has 0 spiro atoms. The fourth-order valence-electron chi connectivity index (χ4n) is 2.20. The summed E-state index contributed by atoms with van der Waals surface area (Å²) >= 11 is 0. The third kappa shape index (κ3) is 8.08. The van der Waals surface area contributed by atoms with Crippen LogP contribution in [0.1, 0.15) is 65.2 Å². The monoisotopic (exact) mass is 277 g/mol. The summed E-state index contributed by atoms with van der Waals surface area (Å²) in [6.45, 7) is 6.37. The van der Waals surface area contributed by atoms with Gasteiger partial charge >= 0.3 is 0 Å². The molecule has 2 heteroatoms. The average molecular weight is 277 g/mol. The fourth-order valence-corrected chi connectivity index (χ4v) is 2.20. The summed E-state index contributed by atoms with van der Waals surface area (Å²) in [5.41, 5.74) is 1.17. The summed E-state index contributed by atoms with van der Waals surface area (Å²) in [7, 11) is 0. The predicted octanol–water partition coefficient (Wildman–Crippen LogP) is 5.64. The molecule has 0 heterocycles. The Hall–Kier alpha value is -1.18. The zero-order chi connectivity index (χ0) is 14.5. The lowest BCUT2D eigenvalue weighted by atomic mass is 10.2. The molecule has 0 radical (unpaired) electrons. The van der Waals surface area contributed by atoms with Crippen molar-refractivity contribution in [3.8, 4) is 5.75 Å². The second-order valence-corrected chi connectivity index (χ2v) is 5.42. The molecule has 0 fully saturated rings. The average Bonchev–Trinajstić information content (AvgIpc) is 2.47. The Morgan fingerprint density at radius 2 is 1.65 bits per heavy atom. The second-order valence-electron chi connectivity index (χ2n) is 5.42. The normalized spacial score (nSPS) is 10.5. The van der Waals surface area contributed by atoms with Crippen LogP contribution in [-0.2, 0) is 0 Å². The Balaban J connectivity index is 2.19. The van der Waals surface area contributed by atoms with Gasteiger partial charge in [-0.2, -0.15) is 0 Å². The van der Waals surface area contributed by atoms with Crippen LogP contribution in [0.15, 0.2) is 24.3 Å². The van der Waals surface area contributed by atoms with Crippen molar-refractivity contribution in [2.24, 2.45) is 0 Å². The van der Waals surface area contributed by atoms with Crippen LogP contribution >= 0.6 is 0 Å².